The van der Waals surface area contributed by atoms with Gasteiger partial charge in [-0.05, 0) is 39.8 Å². The Labute approximate surface area is 121 Å². The first-order valence-corrected chi connectivity index (χ1v) is 6.26. The van der Waals surface area contributed by atoms with E-state index in [-0.39, 0.29) is 5.75 Å². The van der Waals surface area contributed by atoms with Gasteiger partial charge in [-0.3, -0.25) is 0 Å². The van der Waals surface area contributed by atoms with Crippen LogP contribution in [0.3, 0.4) is 0 Å². The Balaban J connectivity index is 2.72. The number of amides is 1. The highest BCUT2D eigenvalue weighted by molar-refractivity contribution is 5.99. The monoisotopic (exact) mass is 300 g/mol. The van der Waals surface area contributed by atoms with Crippen molar-refractivity contribution in [3.05, 3.63) is 29.8 Å². The molecule has 1 amide bonds. The van der Waals surface area contributed by atoms with Gasteiger partial charge in [0.15, 0.2) is 0 Å². The lowest BCUT2D eigenvalue weighted by Gasteiger charge is -2.18. The minimum atomic E-state index is -2.89. The topological polar surface area (TPSA) is 59.9 Å². The lowest BCUT2D eigenvalue weighted by atomic mass is 10.1. The van der Waals surface area contributed by atoms with E-state index in [0.29, 0.717) is 11.3 Å². The molecule has 21 heavy (non-hydrogen) atoms. The van der Waals surface area contributed by atoms with Crippen molar-refractivity contribution in [1.82, 2.24) is 5.43 Å². The minimum Gasteiger partial charge on any atom is -0.443 e. The van der Waals surface area contributed by atoms with Crippen molar-refractivity contribution in [1.29, 1.82) is 0 Å². The third-order valence-electron chi connectivity index (χ3n) is 2.19. The first kappa shape index (κ1) is 16.9. The second-order valence-electron chi connectivity index (χ2n) is 5.22. The number of halogens is 2. The molecule has 1 aromatic rings. The molecule has 7 heteroatoms. The zero-order chi connectivity index (χ0) is 16.0. The molecular formula is C14H18F2N2O3. The van der Waals surface area contributed by atoms with Gasteiger partial charge in [-0.15, -0.1) is 0 Å². The Kier molecular flexibility index (Phi) is 5.63. The number of benzene rings is 1. The smallest absolute Gasteiger partial charge is 0.428 e. The lowest BCUT2D eigenvalue weighted by Crippen LogP contribution is -2.30. The summed E-state index contributed by atoms with van der Waals surface area (Å²) >= 11 is 0. The number of hydrazone groups is 1. The van der Waals surface area contributed by atoms with Crippen LogP contribution in [0.25, 0.3) is 0 Å². The third kappa shape index (κ3) is 6.69. The Hall–Kier alpha value is -2.18. The van der Waals surface area contributed by atoms with Crippen LogP contribution in [-0.2, 0) is 4.74 Å². The Bertz CT molecular complexity index is 525. The van der Waals surface area contributed by atoms with Gasteiger partial charge in [0.2, 0.25) is 0 Å². The Morgan fingerprint density at radius 3 is 2.57 bits per heavy atom. The highest BCUT2D eigenvalue weighted by atomic mass is 19.3. The van der Waals surface area contributed by atoms with E-state index in [9.17, 15) is 13.6 Å². The van der Waals surface area contributed by atoms with Crippen LogP contribution in [0.2, 0.25) is 0 Å². The molecule has 0 saturated heterocycles. The van der Waals surface area contributed by atoms with Gasteiger partial charge in [-0.25, -0.2) is 10.2 Å². The fourth-order valence-electron chi connectivity index (χ4n) is 1.39. The molecule has 1 N–H and O–H groups in total. The zero-order valence-corrected chi connectivity index (χ0v) is 12.3. The largest absolute Gasteiger partial charge is 0.443 e. The zero-order valence-electron chi connectivity index (χ0n) is 12.3. The number of alkyl halides is 2. The quantitative estimate of drug-likeness (QED) is 0.683. The maximum absolute atomic E-state index is 12.1. The van der Waals surface area contributed by atoms with Crippen molar-refractivity contribution in [2.75, 3.05) is 0 Å². The summed E-state index contributed by atoms with van der Waals surface area (Å²) in [4.78, 5) is 11.4. The summed E-state index contributed by atoms with van der Waals surface area (Å²) in [7, 11) is 0. The molecule has 0 heterocycles. The van der Waals surface area contributed by atoms with Crippen molar-refractivity contribution < 1.29 is 23.0 Å². The van der Waals surface area contributed by atoms with Crippen molar-refractivity contribution in [2.24, 2.45) is 5.10 Å². The first-order valence-electron chi connectivity index (χ1n) is 6.26. The van der Waals surface area contributed by atoms with Crippen LogP contribution >= 0.6 is 0 Å². The van der Waals surface area contributed by atoms with Crippen LogP contribution in [0, 0.1) is 0 Å². The van der Waals surface area contributed by atoms with Gasteiger partial charge < -0.3 is 9.47 Å². The van der Waals surface area contributed by atoms with Gasteiger partial charge in [-0.1, -0.05) is 12.1 Å². The van der Waals surface area contributed by atoms with E-state index in [2.05, 4.69) is 15.3 Å². The van der Waals surface area contributed by atoms with Crippen LogP contribution in [0.4, 0.5) is 13.6 Å². The number of rotatable bonds is 4. The summed E-state index contributed by atoms with van der Waals surface area (Å²) in [6.45, 7) is 3.92. The predicted molar refractivity (Wildman–Crippen MR) is 74.7 cm³/mol. The summed E-state index contributed by atoms with van der Waals surface area (Å²) < 4.78 is 33.6. The lowest BCUT2D eigenvalue weighted by molar-refractivity contribution is -0.0498. The molecule has 0 aliphatic carbocycles. The van der Waals surface area contributed by atoms with Gasteiger partial charge in [0.05, 0.1) is 5.71 Å². The first-order chi connectivity index (χ1) is 9.67. The van der Waals surface area contributed by atoms with E-state index in [1.807, 2.05) is 0 Å². The average molecular weight is 300 g/mol. The fraction of sp³-hybridized carbons (Fsp3) is 0.429. The van der Waals surface area contributed by atoms with Crippen LogP contribution in [0.15, 0.2) is 29.4 Å². The van der Waals surface area contributed by atoms with Crippen LogP contribution in [-0.4, -0.2) is 24.0 Å². The van der Waals surface area contributed by atoms with Crippen molar-refractivity contribution in [2.45, 2.75) is 39.9 Å². The van der Waals surface area contributed by atoms with Crippen LogP contribution in [0.5, 0.6) is 5.75 Å². The summed E-state index contributed by atoms with van der Waals surface area (Å²) in [6, 6.07) is 6.03. The molecule has 0 aromatic heterocycles. The number of nitrogens with one attached hydrogen (secondary N) is 1. The molecule has 0 unspecified atom stereocenters. The van der Waals surface area contributed by atoms with E-state index in [1.54, 1.807) is 39.8 Å². The number of hydrogen-bond acceptors (Lipinski definition) is 4. The molecule has 0 atom stereocenters. The molecule has 0 aliphatic heterocycles. The molecule has 1 aromatic carbocycles. The Morgan fingerprint density at radius 1 is 1.33 bits per heavy atom. The second-order valence-corrected chi connectivity index (χ2v) is 5.22. The van der Waals surface area contributed by atoms with Crippen LogP contribution < -0.4 is 10.2 Å². The molecule has 0 spiro atoms. The number of carbonyl (C=O) groups excluding carboxylic acids is 1. The summed E-state index contributed by atoms with van der Waals surface area (Å²) in [5.41, 5.74) is 2.59. The van der Waals surface area contributed by atoms with Crippen molar-refractivity contribution in [3.8, 4) is 5.75 Å². The summed E-state index contributed by atoms with van der Waals surface area (Å²) in [5.74, 6) is 0.0225. The van der Waals surface area contributed by atoms with E-state index < -0.39 is 18.3 Å². The van der Waals surface area contributed by atoms with Crippen LogP contribution in [0.1, 0.15) is 33.3 Å². The van der Waals surface area contributed by atoms with E-state index in [4.69, 9.17) is 4.74 Å². The van der Waals surface area contributed by atoms with E-state index in [1.165, 1.54) is 12.1 Å². The maximum atomic E-state index is 12.1. The van der Waals surface area contributed by atoms with Gasteiger partial charge in [0.1, 0.15) is 11.4 Å². The van der Waals surface area contributed by atoms with Gasteiger partial charge in [0.25, 0.3) is 0 Å². The molecular weight excluding hydrogens is 282 g/mol. The molecule has 116 valence electrons. The SMILES string of the molecule is C/C(=N/NC(=O)OC(C)(C)C)c1cccc(OC(F)F)c1. The van der Waals surface area contributed by atoms with E-state index >= 15 is 0 Å². The average Bonchev–Trinajstić information content (AvgIpc) is 2.33. The molecule has 1 rings (SSSR count). The normalized spacial score (nSPS) is 12.2. The number of carbonyl (C=O) groups is 1. The van der Waals surface area contributed by atoms with Gasteiger partial charge in [-0.2, -0.15) is 13.9 Å². The fourth-order valence-corrected chi connectivity index (χ4v) is 1.39. The molecule has 0 radical (unpaired) electrons. The predicted octanol–water partition coefficient (Wildman–Crippen LogP) is 3.54. The maximum Gasteiger partial charge on any atom is 0.428 e. The number of nitrogens with zero attached hydrogens (tertiary/aromatic N) is 1. The molecule has 5 nitrogen and oxygen atoms in total. The minimum absolute atomic E-state index is 0.0225. The molecule has 0 bridgehead atoms. The standard InChI is InChI=1S/C14H18F2N2O3/c1-9(17-18-13(19)21-14(2,3)4)10-6-5-7-11(8-10)20-12(15)16/h5-8,12H,1-4H3,(H,18,19)/b17-9-. The van der Waals surface area contributed by atoms with Crippen molar-refractivity contribution >= 4 is 11.8 Å². The highest BCUT2D eigenvalue weighted by Gasteiger charge is 2.15. The summed E-state index contributed by atoms with van der Waals surface area (Å²) in [6.07, 6.45) is -0.693. The van der Waals surface area contributed by atoms with Gasteiger partial charge >= 0.3 is 12.7 Å². The molecule has 0 saturated carbocycles. The van der Waals surface area contributed by atoms with Gasteiger partial charge in [0, 0.05) is 5.56 Å². The highest BCUT2D eigenvalue weighted by Crippen LogP contribution is 2.16. The molecule has 0 fully saturated rings. The summed E-state index contributed by atoms with van der Waals surface area (Å²) in [5, 5.41) is 3.85. The second kappa shape index (κ2) is 7.01. The Morgan fingerprint density at radius 2 is 2.00 bits per heavy atom. The third-order valence-corrected chi connectivity index (χ3v) is 2.19. The van der Waals surface area contributed by atoms with E-state index in [0.717, 1.165) is 0 Å². The number of hydrogen-bond donors (Lipinski definition) is 1. The number of ether oxygens (including phenoxy) is 2. The molecule has 0 aliphatic rings. The van der Waals surface area contributed by atoms with Crippen molar-refractivity contribution in [3.63, 3.8) is 0 Å².